The second-order valence-corrected chi connectivity index (χ2v) is 11.6. The van der Waals surface area contributed by atoms with Crippen LogP contribution >= 0.6 is 15.9 Å². The summed E-state index contributed by atoms with van der Waals surface area (Å²) < 4.78 is 0.689. The summed E-state index contributed by atoms with van der Waals surface area (Å²) in [5.41, 5.74) is 1.15. The molecule has 1 aromatic carbocycles. The van der Waals surface area contributed by atoms with Crippen LogP contribution in [-0.2, 0) is 16.1 Å². The molecule has 4 aliphatic carbocycles. The summed E-state index contributed by atoms with van der Waals surface area (Å²) in [6.45, 7) is 3.27. The van der Waals surface area contributed by atoms with Crippen LogP contribution in [0.4, 0.5) is 5.69 Å². The average Bonchev–Trinajstić information content (AvgIpc) is 3.17. The second-order valence-electron chi connectivity index (χ2n) is 10.7. The highest BCUT2D eigenvalue weighted by molar-refractivity contribution is 9.10. The number of hydrogen-bond donors (Lipinski definition) is 1. The maximum atomic E-state index is 12.7. The highest BCUT2D eigenvalue weighted by atomic mass is 79.9. The lowest BCUT2D eigenvalue weighted by Crippen LogP contribution is -2.51. The molecule has 4 saturated carbocycles. The van der Waals surface area contributed by atoms with Gasteiger partial charge in [0.15, 0.2) is 0 Å². The van der Waals surface area contributed by atoms with Gasteiger partial charge in [0, 0.05) is 55.8 Å². The monoisotopic (exact) mass is 518 g/mol. The summed E-state index contributed by atoms with van der Waals surface area (Å²) in [5.74, 6) is 2.51. The fraction of sp³-hybridized carbons (Fsp3) is 0.667. The number of carbonyl (C=O) groups excluding carboxylic acids is 2. The van der Waals surface area contributed by atoms with Crippen molar-refractivity contribution in [1.82, 2.24) is 15.1 Å². The van der Waals surface area contributed by atoms with Crippen LogP contribution in [0.3, 0.4) is 0 Å². The minimum Gasteiger partial charge on any atom is -0.347 e. The Morgan fingerprint density at radius 1 is 1.09 bits per heavy atom. The van der Waals surface area contributed by atoms with E-state index in [0.717, 1.165) is 23.3 Å². The topological polar surface area (TPSA) is 95.8 Å². The zero-order chi connectivity index (χ0) is 23.2. The molecular formula is C24H31BrN4O4. The number of nitrogens with one attached hydrogen (secondary N) is 1. The zero-order valence-corrected chi connectivity index (χ0v) is 20.4. The van der Waals surface area contributed by atoms with Gasteiger partial charge in [-0.1, -0.05) is 15.9 Å². The van der Waals surface area contributed by atoms with Gasteiger partial charge in [0.05, 0.1) is 11.5 Å². The van der Waals surface area contributed by atoms with Gasteiger partial charge in [0.2, 0.25) is 11.8 Å². The van der Waals surface area contributed by atoms with Crippen molar-refractivity contribution in [3.63, 3.8) is 0 Å². The molecule has 1 heterocycles. The third kappa shape index (κ3) is 4.94. The Balaban J connectivity index is 1.05. The first kappa shape index (κ1) is 22.8. The molecular weight excluding hydrogens is 488 g/mol. The van der Waals surface area contributed by atoms with Crippen LogP contribution in [0.2, 0.25) is 0 Å². The number of amides is 2. The van der Waals surface area contributed by atoms with Gasteiger partial charge in [-0.2, -0.15) is 0 Å². The van der Waals surface area contributed by atoms with Crippen molar-refractivity contribution in [1.29, 1.82) is 0 Å². The van der Waals surface area contributed by atoms with Crippen molar-refractivity contribution in [2.24, 2.45) is 23.2 Å². The molecule has 2 atom stereocenters. The Labute approximate surface area is 202 Å². The van der Waals surface area contributed by atoms with Crippen LogP contribution in [0, 0.1) is 33.3 Å². The number of hydrogen-bond acceptors (Lipinski definition) is 5. The largest absolute Gasteiger partial charge is 0.347 e. The van der Waals surface area contributed by atoms with Gasteiger partial charge in [0.1, 0.15) is 0 Å². The number of halogens is 1. The van der Waals surface area contributed by atoms with Crippen molar-refractivity contribution < 1.29 is 14.5 Å². The third-order valence-electron chi connectivity index (χ3n) is 8.31. The van der Waals surface area contributed by atoms with E-state index in [1.165, 1.54) is 38.2 Å². The first-order valence-electron chi connectivity index (χ1n) is 12.0. The van der Waals surface area contributed by atoms with Gasteiger partial charge < -0.3 is 10.2 Å². The van der Waals surface area contributed by atoms with Gasteiger partial charge in [-0.15, -0.1) is 0 Å². The number of benzene rings is 1. The Morgan fingerprint density at radius 2 is 1.79 bits per heavy atom. The first-order chi connectivity index (χ1) is 15.8. The molecule has 1 saturated heterocycles. The van der Waals surface area contributed by atoms with E-state index in [1.807, 2.05) is 6.07 Å². The van der Waals surface area contributed by atoms with E-state index in [4.69, 9.17) is 0 Å². The quantitative estimate of drug-likeness (QED) is 0.441. The Morgan fingerprint density at radius 3 is 2.42 bits per heavy atom. The molecule has 0 spiro atoms. The molecule has 2 amide bonds. The molecule has 5 aliphatic rings. The van der Waals surface area contributed by atoms with E-state index >= 15 is 0 Å². The minimum absolute atomic E-state index is 0.0279. The number of rotatable bonds is 7. The summed E-state index contributed by atoms with van der Waals surface area (Å²) in [7, 11) is 0. The average molecular weight is 519 g/mol. The van der Waals surface area contributed by atoms with E-state index in [9.17, 15) is 19.7 Å². The Bertz CT molecular complexity index is 942. The fourth-order valence-corrected chi connectivity index (χ4v) is 7.66. The Kier molecular flexibility index (Phi) is 6.20. The van der Waals surface area contributed by atoms with Gasteiger partial charge >= 0.3 is 0 Å². The molecule has 1 aliphatic heterocycles. The molecule has 5 fully saturated rings. The van der Waals surface area contributed by atoms with Crippen LogP contribution in [0.1, 0.15) is 44.1 Å². The molecule has 33 heavy (non-hydrogen) atoms. The van der Waals surface area contributed by atoms with Gasteiger partial charge in [-0.3, -0.25) is 24.6 Å². The maximum Gasteiger partial charge on any atom is 0.270 e. The minimum atomic E-state index is -0.388. The van der Waals surface area contributed by atoms with E-state index in [2.05, 4.69) is 26.1 Å². The lowest BCUT2D eigenvalue weighted by molar-refractivity contribution is -0.385. The zero-order valence-electron chi connectivity index (χ0n) is 18.8. The van der Waals surface area contributed by atoms with Crippen molar-refractivity contribution in [2.45, 2.75) is 45.1 Å². The summed E-state index contributed by atoms with van der Waals surface area (Å²) >= 11 is 3.34. The van der Waals surface area contributed by atoms with Gasteiger partial charge in [-0.25, -0.2) is 0 Å². The molecule has 4 bridgehead atoms. The molecule has 6 rings (SSSR count). The van der Waals surface area contributed by atoms with E-state index in [1.54, 1.807) is 11.0 Å². The van der Waals surface area contributed by atoms with Crippen molar-refractivity contribution in [2.75, 3.05) is 32.7 Å². The van der Waals surface area contributed by atoms with Crippen LogP contribution in [0.5, 0.6) is 0 Å². The Hall–Kier alpha value is -2.00. The number of piperazine rings is 1. The predicted molar refractivity (Wildman–Crippen MR) is 126 cm³/mol. The van der Waals surface area contributed by atoms with E-state index < -0.39 is 0 Å². The molecule has 2 unspecified atom stereocenters. The van der Waals surface area contributed by atoms with Crippen molar-refractivity contribution in [3.05, 3.63) is 38.3 Å². The summed E-state index contributed by atoms with van der Waals surface area (Å²) in [6.07, 6.45) is 6.94. The van der Waals surface area contributed by atoms with Gasteiger partial charge in [-0.05, 0) is 66.9 Å². The molecule has 0 radical (unpaired) electrons. The number of nitro benzene ring substituents is 1. The molecule has 0 aromatic heterocycles. The number of carbonyl (C=O) groups is 2. The number of non-ortho nitro benzene ring substituents is 1. The molecule has 9 heteroatoms. The predicted octanol–water partition coefficient (Wildman–Crippen LogP) is 3.33. The number of nitrogens with zero attached hydrogens (tertiary/aromatic N) is 3. The van der Waals surface area contributed by atoms with Crippen LogP contribution in [0.15, 0.2) is 22.7 Å². The maximum absolute atomic E-state index is 12.7. The molecule has 8 nitrogen and oxygen atoms in total. The summed E-state index contributed by atoms with van der Waals surface area (Å²) in [5, 5.41) is 14.0. The smallest absolute Gasteiger partial charge is 0.270 e. The van der Waals surface area contributed by atoms with Crippen LogP contribution in [0.25, 0.3) is 0 Å². The third-order valence-corrected chi connectivity index (χ3v) is 8.77. The fourth-order valence-electron chi connectivity index (χ4n) is 7.13. The van der Waals surface area contributed by atoms with Crippen molar-refractivity contribution in [3.8, 4) is 0 Å². The SMILES string of the molecule is O=C(CC12CC3CC(C1)C(C3)C2)NCC(=O)N1CCN(Cc2cc(Br)cc([N+](=O)[O-])c2)CC1. The molecule has 178 valence electrons. The van der Waals surface area contributed by atoms with Crippen molar-refractivity contribution >= 4 is 33.4 Å². The van der Waals surface area contributed by atoms with Crippen LogP contribution < -0.4 is 5.32 Å². The second kappa shape index (κ2) is 8.98. The normalized spacial score (nSPS) is 30.6. The highest BCUT2D eigenvalue weighted by Gasteiger charge is 2.56. The standard InChI is InChI=1S/C24H31BrN4O4/c25-20-7-17(8-21(9-20)29(32)33)15-27-1-3-28(4-2-27)23(31)14-26-22(30)13-24-10-16-5-18(11-24)19(6-16)12-24/h7-9,16,18-19H,1-6,10-15H2,(H,26,30). The van der Waals surface area contributed by atoms with E-state index in [0.29, 0.717) is 43.6 Å². The number of nitro groups is 1. The molecule has 1 N–H and O–H groups in total. The molecule has 1 aromatic rings. The lowest BCUT2D eigenvalue weighted by Gasteiger charge is -2.38. The van der Waals surface area contributed by atoms with Crippen LogP contribution in [-0.4, -0.2) is 59.3 Å². The first-order valence-corrected chi connectivity index (χ1v) is 12.8. The van der Waals surface area contributed by atoms with Gasteiger partial charge in [0.25, 0.3) is 5.69 Å². The van der Waals surface area contributed by atoms with E-state index in [-0.39, 0.29) is 34.4 Å². The summed E-state index contributed by atoms with van der Waals surface area (Å²) in [6, 6.07) is 4.98. The lowest BCUT2D eigenvalue weighted by atomic mass is 9.67. The highest BCUT2D eigenvalue weighted by Crippen LogP contribution is 2.65. The summed E-state index contributed by atoms with van der Waals surface area (Å²) in [4.78, 5) is 40.0.